The van der Waals surface area contributed by atoms with E-state index in [1.165, 1.54) is 4.90 Å². The van der Waals surface area contributed by atoms with Crippen molar-refractivity contribution in [3.8, 4) is 5.75 Å². The summed E-state index contributed by atoms with van der Waals surface area (Å²) in [6.07, 6.45) is -2.49. The number of hydrogen-bond donors (Lipinski definition) is 0. The van der Waals surface area contributed by atoms with Crippen LogP contribution in [0.25, 0.3) is 0 Å². The third-order valence-electron chi connectivity index (χ3n) is 5.52. The lowest BCUT2D eigenvalue weighted by molar-refractivity contribution is -0.145. The van der Waals surface area contributed by atoms with Crippen molar-refractivity contribution in [2.45, 2.75) is 38.4 Å². The van der Waals surface area contributed by atoms with Crippen molar-refractivity contribution in [1.29, 1.82) is 0 Å². The molecule has 2 amide bonds. The molecule has 0 aromatic heterocycles. The van der Waals surface area contributed by atoms with E-state index in [4.69, 9.17) is 4.74 Å². The predicted octanol–water partition coefficient (Wildman–Crippen LogP) is 2.79. The molecule has 2 heterocycles. The highest BCUT2D eigenvalue weighted by atomic mass is 19.4. The lowest BCUT2D eigenvalue weighted by Crippen LogP contribution is -2.49. The number of nitrogens with zero attached hydrogens (tertiary/aromatic N) is 3. The van der Waals surface area contributed by atoms with E-state index in [9.17, 15) is 22.8 Å². The Kier molecular flexibility index (Phi) is 7.23. The van der Waals surface area contributed by atoms with Crippen LogP contribution in [0.5, 0.6) is 5.75 Å². The van der Waals surface area contributed by atoms with Gasteiger partial charge < -0.3 is 14.5 Å². The number of carbonyl (C=O) groups is 2. The van der Waals surface area contributed by atoms with Gasteiger partial charge in [0.15, 0.2) is 0 Å². The van der Waals surface area contributed by atoms with Gasteiger partial charge in [0.2, 0.25) is 5.91 Å². The van der Waals surface area contributed by atoms with Gasteiger partial charge in [-0.05, 0) is 38.3 Å². The zero-order valence-electron chi connectivity index (χ0n) is 17.2. The second-order valence-corrected chi connectivity index (χ2v) is 7.66. The highest BCUT2D eigenvalue weighted by molar-refractivity contribution is 6.00. The molecular weight excluding hydrogens is 399 g/mol. The van der Waals surface area contributed by atoms with Gasteiger partial charge in [0.05, 0.1) is 18.7 Å². The van der Waals surface area contributed by atoms with Crippen LogP contribution in [0.2, 0.25) is 0 Å². The fraction of sp³-hybridized carbons (Fsp3) is 0.619. The largest absolute Gasteiger partial charge is 0.493 e. The number of hydrogen-bond acceptors (Lipinski definition) is 4. The molecule has 0 N–H and O–H groups in total. The summed E-state index contributed by atoms with van der Waals surface area (Å²) in [5.74, 6) is 0.0627. The van der Waals surface area contributed by atoms with Crippen LogP contribution in [0.15, 0.2) is 24.3 Å². The molecular formula is C21H28F3N3O3. The van der Waals surface area contributed by atoms with E-state index in [0.29, 0.717) is 56.8 Å². The minimum Gasteiger partial charge on any atom is -0.493 e. The van der Waals surface area contributed by atoms with Crippen molar-refractivity contribution >= 4 is 11.8 Å². The Morgan fingerprint density at radius 1 is 1.07 bits per heavy atom. The summed E-state index contributed by atoms with van der Waals surface area (Å²) >= 11 is 0. The molecule has 2 saturated heterocycles. The van der Waals surface area contributed by atoms with Crippen LogP contribution in [0, 0.1) is 0 Å². The number of likely N-dealkylation sites (tertiary alicyclic amines) is 1. The van der Waals surface area contributed by atoms with Crippen molar-refractivity contribution in [2.75, 3.05) is 45.9 Å². The summed E-state index contributed by atoms with van der Waals surface area (Å²) in [5.41, 5.74) is 0.422. The maximum atomic E-state index is 13.2. The molecule has 2 aliphatic heterocycles. The van der Waals surface area contributed by atoms with Gasteiger partial charge in [0.1, 0.15) is 11.8 Å². The Morgan fingerprint density at radius 2 is 1.83 bits per heavy atom. The molecule has 1 atom stereocenters. The number of amides is 2. The molecule has 2 aliphatic rings. The molecule has 166 valence electrons. The minimum absolute atomic E-state index is 0.177. The van der Waals surface area contributed by atoms with Crippen LogP contribution in [-0.2, 0) is 4.79 Å². The Bertz CT molecular complexity index is 757. The van der Waals surface area contributed by atoms with Gasteiger partial charge in [0.25, 0.3) is 5.91 Å². The van der Waals surface area contributed by atoms with E-state index < -0.39 is 18.8 Å². The molecule has 0 saturated carbocycles. The monoisotopic (exact) mass is 427 g/mol. The van der Waals surface area contributed by atoms with Crippen LogP contribution in [-0.4, -0.2) is 84.6 Å². The van der Waals surface area contributed by atoms with E-state index in [-0.39, 0.29) is 24.9 Å². The summed E-state index contributed by atoms with van der Waals surface area (Å²) in [6.45, 7) is 2.91. The van der Waals surface area contributed by atoms with Gasteiger partial charge in [-0.2, -0.15) is 13.2 Å². The molecule has 0 radical (unpaired) electrons. The van der Waals surface area contributed by atoms with Gasteiger partial charge in [0, 0.05) is 32.7 Å². The smallest absolute Gasteiger partial charge is 0.401 e. The normalized spacial score (nSPS) is 20.9. The standard InChI is InChI=1S/C21H28F3N3O3/c1-2-30-18-9-4-3-7-16(18)19(28)27-12-5-8-17(27)20(29)26-11-6-10-25(13-14-26)15-21(22,23)24/h3-4,7,9,17H,2,5-6,8,10-15H2,1H3. The van der Waals surface area contributed by atoms with Gasteiger partial charge in [-0.15, -0.1) is 0 Å². The van der Waals surface area contributed by atoms with Crippen LogP contribution < -0.4 is 4.74 Å². The first kappa shape index (κ1) is 22.4. The molecule has 0 spiro atoms. The zero-order chi connectivity index (χ0) is 21.7. The molecule has 2 fully saturated rings. The second-order valence-electron chi connectivity index (χ2n) is 7.66. The van der Waals surface area contributed by atoms with Gasteiger partial charge in [-0.25, -0.2) is 0 Å². The lowest BCUT2D eigenvalue weighted by atomic mass is 10.1. The average molecular weight is 427 g/mol. The molecule has 6 nitrogen and oxygen atoms in total. The van der Waals surface area contributed by atoms with Crippen molar-refractivity contribution in [3.63, 3.8) is 0 Å². The summed E-state index contributed by atoms with van der Waals surface area (Å²) in [6, 6.07) is 6.38. The Hall–Kier alpha value is -2.29. The lowest BCUT2D eigenvalue weighted by Gasteiger charge is -2.30. The molecule has 1 aromatic carbocycles. The van der Waals surface area contributed by atoms with Crippen LogP contribution in [0.3, 0.4) is 0 Å². The van der Waals surface area contributed by atoms with Crippen molar-refractivity contribution < 1.29 is 27.5 Å². The molecule has 9 heteroatoms. The number of para-hydroxylation sites is 1. The van der Waals surface area contributed by atoms with E-state index in [1.807, 2.05) is 6.92 Å². The molecule has 30 heavy (non-hydrogen) atoms. The van der Waals surface area contributed by atoms with E-state index >= 15 is 0 Å². The molecule has 1 unspecified atom stereocenters. The number of ether oxygens (including phenoxy) is 1. The SMILES string of the molecule is CCOc1ccccc1C(=O)N1CCCC1C(=O)N1CCCN(CC(F)(F)F)CC1. The fourth-order valence-corrected chi connectivity index (χ4v) is 4.16. The summed E-state index contributed by atoms with van der Waals surface area (Å²) in [5, 5.41) is 0. The first-order valence-electron chi connectivity index (χ1n) is 10.4. The number of halogens is 3. The van der Waals surface area contributed by atoms with Crippen molar-refractivity contribution in [2.24, 2.45) is 0 Å². The van der Waals surface area contributed by atoms with Crippen LogP contribution in [0.1, 0.15) is 36.5 Å². The number of rotatable bonds is 5. The molecule has 0 aliphatic carbocycles. The third kappa shape index (κ3) is 5.44. The highest BCUT2D eigenvalue weighted by Crippen LogP contribution is 2.27. The van der Waals surface area contributed by atoms with E-state index in [1.54, 1.807) is 34.1 Å². The first-order chi connectivity index (χ1) is 14.3. The third-order valence-corrected chi connectivity index (χ3v) is 5.52. The molecule has 3 rings (SSSR count). The molecule has 1 aromatic rings. The minimum atomic E-state index is -4.25. The van der Waals surface area contributed by atoms with Gasteiger partial charge >= 0.3 is 6.18 Å². The number of carbonyl (C=O) groups excluding carboxylic acids is 2. The van der Waals surface area contributed by atoms with E-state index in [2.05, 4.69) is 0 Å². The zero-order valence-corrected chi connectivity index (χ0v) is 17.2. The molecule has 0 bridgehead atoms. The maximum Gasteiger partial charge on any atom is 0.401 e. The fourth-order valence-electron chi connectivity index (χ4n) is 4.16. The van der Waals surface area contributed by atoms with Crippen LogP contribution >= 0.6 is 0 Å². The topological polar surface area (TPSA) is 53.1 Å². The summed E-state index contributed by atoms with van der Waals surface area (Å²) in [7, 11) is 0. The summed E-state index contributed by atoms with van der Waals surface area (Å²) in [4.78, 5) is 30.9. The van der Waals surface area contributed by atoms with Crippen molar-refractivity contribution in [1.82, 2.24) is 14.7 Å². The van der Waals surface area contributed by atoms with Gasteiger partial charge in [-0.3, -0.25) is 14.5 Å². The van der Waals surface area contributed by atoms with Crippen molar-refractivity contribution in [3.05, 3.63) is 29.8 Å². The Morgan fingerprint density at radius 3 is 2.57 bits per heavy atom. The highest BCUT2D eigenvalue weighted by Gasteiger charge is 2.38. The Balaban J connectivity index is 1.68. The van der Waals surface area contributed by atoms with Gasteiger partial charge in [-0.1, -0.05) is 12.1 Å². The number of benzene rings is 1. The first-order valence-corrected chi connectivity index (χ1v) is 10.4. The van der Waals surface area contributed by atoms with E-state index in [0.717, 1.165) is 0 Å². The quantitative estimate of drug-likeness (QED) is 0.725. The maximum absolute atomic E-state index is 13.2. The van der Waals surface area contributed by atoms with Crippen LogP contribution in [0.4, 0.5) is 13.2 Å². The Labute approximate surface area is 174 Å². The summed E-state index contributed by atoms with van der Waals surface area (Å²) < 4.78 is 43.6. The predicted molar refractivity (Wildman–Crippen MR) is 105 cm³/mol. The second kappa shape index (κ2) is 9.68. The average Bonchev–Trinajstić information content (AvgIpc) is 3.07. The number of alkyl halides is 3.